The maximum Gasteiger partial charge on any atom is 0.496 e. The van der Waals surface area contributed by atoms with Crippen LogP contribution in [0, 0.1) is 0 Å². The van der Waals surface area contributed by atoms with Crippen LogP contribution < -0.4 is 5.46 Å². The molecule has 0 saturated carbocycles. The molecule has 1 aliphatic rings. The van der Waals surface area contributed by atoms with Crippen LogP contribution in [0.2, 0.25) is 0 Å². The molecule has 0 radical (unpaired) electrons. The first kappa shape index (κ1) is 23.3. The molecule has 0 bridgehead atoms. The van der Waals surface area contributed by atoms with E-state index in [-0.39, 0.29) is 0 Å². The van der Waals surface area contributed by atoms with Crippen molar-refractivity contribution in [1.82, 2.24) is 0 Å². The molecule has 1 saturated heterocycles. The Morgan fingerprint density at radius 1 is 0.553 bits per heavy atom. The van der Waals surface area contributed by atoms with Gasteiger partial charge in [0.2, 0.25) is 0 Å². The molecule has 6 aromatic rings. The summed E-state index contributed by atoms with van der Waals surface area (Å²) in [6.07, 6.45) is 0. The molecule has 4 heteroatoms. The van der Waals surface area contributed by atoms with Gasteiger partial charge in [-0.1, -0.05) is 84.9 Å². The fraction of sp³-hybridized carbons (Fsp3) is 0.176. The minimum absolute atomic E-state index is 0.470. The van der Waals surface area contributed by atoms with E-state index < -0.39 is 18.3 Å². The van der Waals surface area contributed by atoms with E-state index in [0.29, 0.717) is 0 Å². The molecule has 0 atom stereocenters. The molecule has 1 aromatic heterocycles. The van der Waals surface area contributed by atoms with Crippen molar-refractivity contribution in [3.05, 3.63) is 103 Å². The average Bonchev–Trinajstić information content (AvgIpc) is 3.38. The van der Waals surface area contributed by atoms with Gasteiger partial charge in [-0.05, 0) is 78.9 Å². The lowest BCUT2D eigenvalue weighted by Crippen LogP contribution is -2.41. The van der Waals surface area contributed by atoms with Crippen LogP contribution >= 0.6 is 0 Å². The first-order valence-corrected chi connectivity index (χ1v) is 13.2. The first-order chi connectivity index (χ1) is 18.3. The van der Waals surface area contributed by atoms with E-state index in [9.17, 15) is 0 Å². The molecule has 186 valence electrons. The van der Waals surface area contributed by atoms with E-state index in [1.54, 1.807) is 0 Å². The molecule has 5 aromatic carbocycles. The van der Waals surface area contributed by atoms with Crippen LogP contribution in [0.4, 0.5) is 0 Å². The summed E-state index contributed by atoms with van der Waals surface area (Å²) in [7, 11) is -0.546. The van der Waals surface area contributed by atoms with Crippen molar-refractivity contribution >= 4 is 45.3 Å². The van der Waals surface area contributed by atoms with E-state index in [1.165, 1.54) is 16.5 Å². The Bertz CT molecular complexity index is 1820. The van der Waals surface area contributed by atoms with E-state index in [4.69, 9.17) is 13.7 Å². The highest BCUT2D eigenvalue weighted by Gasteiger charge is 2.53. The minimum Gasteiger partial charge on any atom is -0.456 e. The van der Waals surface area contributed by atoms with E-state index in [0.717, 1.165) is 43.9 Å². The van der Waals surface area contributed by atoms with Gasteiger partial charge in [-0.3, -0.25) is 0 Å². The second-order valence-corrected chi connectivity index (χ2v) is 11.2. The lowest BCUT2D eigenvalue weighted by molar-refractivity contribution is 0.00578. The monoisotopic (exact) mass is 496 g/mol. The normalized spacial score (nSPS) is 16.6. The van der Waals surface area contributed by atoms with Crippen LogP contribution in [0.5, 0.6) is 0 Å². The number of hydrogen-bond acceptors (Lipinski definition) is 3. The van der Waals surface area contributed by atoms with Gasteiger partial charge in [-0.25, -0.2) is 0 Å². The van der Waals surface area contributed by atoms with Crippen molar-refractivity contribution in [1.29, 1.82) is 0 Å². The Hall–Kier alpha value is -3.86. The van der Waals surface area contributed by atoms with Gasteiger partial charge in [0.15, 0.2) is 0 Å². The Morgan fingerprint density at radius 2 is 1.16 bits per heavy atom. The summed E-state index contributed by atoms with van der Waals surface area (Å²) in [5, 5.41) is 4.45. The Labute approximate surface area is 223 Å². The zero-order chi connectivity index (χ0) is 26.1. The molecule has 0 aliphatic carbocycles. The molecule has 1 aliphatic heterocycles. The maximum atomic E-state index is 6.71. The third-order valence-electron chi connectivity index (χ3n) is 8.34. The highest BCUT2D eigenvalue weighted by molar-refractivity contribution is 6.68. The molecule has 7 rings (SSSR count). The van der Waals surface area contributed by atoms with Crippen molar-refractivity contribution < 1.29 is 13.7 Å². The molecule has 2 heterocycles. The smallest absolute Gasteiger partial charge is 0.456 e. The summed E-state index contributed by atoms with van der Waals surface area (Å²) < 4.78 is 19.9. The predicted octanol–water partition coefficient (Wildman–Crippen LogP) is 8.37. The van der Waals surface area contributed by atoms with Gasteiger partial charge in [-0.2, -0.15) is 0 Å². The Morgan fingerprint density at radius 3 is 1.87 bits per heavy atom. The van der Waals surface area contributed by atoms with Gasteiger partial charge in [0, 0.05) is 16.2 Å². The van der Waals surface area contributed by atoms with Crippen molar-refractivity contribution in [2.45, 2.75) is 38.9 Å². The SMILES string of the molecule is CC1(C)OB(c2c(-c3ccccc3-c3ccccc3)ccc3oc4cc5ccccc5cc4c23)OC1(C)C. The summed E-state index contributed by atoms with van der Waals surface area (Å²) >= 11 is 0. The van der Waals surface area contributed by atoms with Gasteiger partial charge < -0.3 is 13.7 Å². The quantitative estimate of drug-likeness (QED) is 0.231. The number of fused-ring (bicyclic) bond motifs is 4. The Balaban J connectivity index is 1.57. The molecular formula is C34H29BO3. The highest BCUT2D eigenvalue weighted by Crippen LogP contribution is 2.41. The van der Waals surface area contributed by atoms with Crippen molar-refractivity contribution in [2.24, 2.45) is 0 Å². The van der Waals surface area contributed by atoms with Crippen molar-refractivity contribution in [3.8, 4) is 22.3 Å². The summed E-state index contributed by atoms with van der Waals surface area (Å²) in [4.78, 5) is 0. The van der Waals surface area contributed by atoms with E-state index in [1.807, 2.05) is 0 Å². The second kappa shape index (κ2) is 8.32. The third kappa shape index (κ3) is 3.52. The largest absolute Gasteiger partial charge is 0.496 e. The van der Waals surface area contributed by atoms with Gasteiger partial charge in [0.05, 0.1) is 11.2 Å². The summed E-state index contributed by atoms with van der Waals surface area (Å²) in [5.74, 6) is 0. The standard InChI is InChI=1S/C34H29BO3/c1-33(2)34(3,4)38-35(37-33)32-27(26-17-11-10-16-25(26)22-12-6-5-7-13-22)18-19-29-31(32)28-20-23-14-8-9-15-24(23)21-30(28)36-29/h5-21H,1-4H3. The fourth-order valence-corrected chi connectivity index (χ4v) is 5.61. The topological polar surface area (TPSA) is 31.6 Å². The summed E-state index contributed by atoms with van der Waals surface area (Å²) in [5.41, 5.74) is 6.34. The van der Waals surface area contributed by atoms with Crippen LogP contribution in [0.15, 0.2) is 108 Å². The summed E-state index contributed by atoms with van der Waals surface area (Å²) in [6, 6.07) is 36.1. The fourth-order valence-electron chi connectivity index (χ4n) is 5.61. The highest BCUT2D eigenvalue weighted by atomic mass is 16.7. The molecule has 38 heavy (non-hydrogen) atoms. The molecule has 1 fully saturated rings. The van der Waals surface area contributed by atoms with Gasteiger partial charge in [-0.15, -0.1) is 0 Å². The third-order valence-corrected chi connectivity index (χ3v) is 8.34. The maximum absolute atomic E-state index is 6.71. The summed E-state index contributed by atoms with van der Waals surface area (Å²) in [6.45, 7) is 8.41. The first-order valence-electron chi connectivity index (χ1n) is 13.2. The van der Waals surface area contributed by atoms with Crippen LogP contribution in [0.3, 0.4) is 0 Å². The molecule has 0 amide bonds. The second-order valence-electron chi connectivity index (χ2n) is 11.2. The molecule has 3 nitrogen and oxygen atoms in total. The Kier molecular flexibility index (Phi) is 5.10. The van der Waals surface area contributed by atoms with Crippen LogP contribution in [0.25, 0.3) is 55.0 Å². The number of rotatable bonds is 3. The minimum atomic E-state index is -0.546. The van der Waals surface area contributed by atoms with Crippen molar-refractivity contribution in [3.63, 3.8) is 0 Å². The average molecular weight is 496 g/mol. The number of benzene rings is 5. The molecular weight excluding hydrogens is 467 g/mol. The molecule has 0 unspecified atom stereocenters. The van der Waals surface area contributed by atoms with E-state index in [2.05, 4.69) is 131 Å². The predicted molar refractivity (Wildman–Crippen MR) is 158 cm³/mol. The van der Waals surface area contributed by atoms with Crippen LogP contribution in [0.1, 0.15) is 27.7 Å². The van der Waals surface area contributed by atoms with E-state index >= 15 is 0 Å². The van der Waals surface area contributed by atoms with Crippen LogP contribution in [-0.2, 0) is 9.31 Å². The van der Waals surface area contributed by atoms with Crippen LogP contribution in [-0.4, -0.2) is 18.3 Å². The van der Waals surface area contributed by atoms with Crippen molar-refractivity contribution in [2.75, 3.05) is 0 Å². The van der Waals surface area contributed by atoms with Gasteiger partial charge in [0.1, 0.15) is 11.2 Å². The zero-order valence-corrected chi connectivity index (χ0v) is 22.1. The lowest BCUT2D eigenvalue weighted by Gasteiger charge is -2.32. The van der Waals surface area contributed by atoms with Gasteiger partial charge in [0.25, 0.3) is 0 Å². The van der Waals surface area contributed by atoms with Gasteiger partial charge >= 0.3 is 7.12 Å². The molecule has 0 spiro atoms. The lowest BCUT2D eigenvalue weighted by atomic mass is 9.71. The zero-order valence-electron chi connectivity index (χ0n) is 22.1. The number of hydrogen-bond donors (Lipinski definition) is 0. The molecule has 0 N–H and O–H groups in total. The number of furan rings is 1.